The van der Waals surface area contributed by atoms with E-state index >= 15 is 0 Å². The summed E-state index contributed by atoms with van der Waals surface area (Å²) >= 11 is 0. The van der Waals surface area contributed by atoms with Gasteiger partial charge in [-0.25, -0.2) is 0 Å². The number of hydrogen-bond acceptors (Lipinski definition) is 5. The third-order valence-corrected chi connectivity index (χ3v) is 0.468. The van der Waals surface area contributed by atoms with Gasteiger partial charge in [0.2, 0.25) is 0 Å². The lowest BCUT2D eigenvalue weighted by atomic mass is 10.9. The van der Waals surface area contributed by atoms with Gasteiger partial charge in [0.25, 0.3) is 5.88 Å². The minimum absolute atomic E-state index is 0.155. The van der Waals surface area contributed by atoms with Gasteiger partial charge in [0.1, 0.15) is 5.34 Å². The van der Waals surface area contributed by atoms with Gasteiger partial charge in [-0.1, -0.05) is 0 Å². The SMILES string of the molecule is NC1=CON(N)O1. The Morgan fingerprint density at radius 3 is 2.57 bits per heavy atom. The molecule has 0 aromatic rings. The monoisotopic (exact) mass is 103 g/mol. The average Bonchev–Trinajstić information content (AvgIpc) is 1.87. The van der Waals surface area contributed by atoms with E-state index in [-0.39, 0.29) is 5.88 Å². The van der Waals surface area contributed by atoms with Crippen molar-refractivity contribution in [3.63, 3.8) is 0 Å². The van der Waals surface area contributed by atoms with Crippen LogP contribution in [0.15, 0.2) is 12.1 Å². The molecule has 0 radical (unpaired) electrons. The second kappa shape index (κ2) is 1.28. The number of nitrogens with zero attached hydrogens (tertiary/aromatic N) is 1. The first-order valence-electron chi connectivity index (χ1n) is 1.64. The Balaban J connectivity index is 2.42. The molecule has 0 atom stereocenters. The van der Waals surface area contributed by atoms with Gasteiger partial charge >= 0.3 is 0 Å². The minimum Gasteiger partial charge on any atom is -0.365 e. The molecule has 1 rings (SSSR count). The first kappa shape index (κ1) is 4.23. The molecule has 0 saturated heterocycles. The maximum Gasteiger partial charge on any atom is 0.253 e. The molecule has 0 fully saturated rings. The Kier molecular flexibility index (Phi) is 0.775. The van der Waals surface area contributed by atoms with Crippen molar-refractivity contribution in [1.29, 1.82) is 0 Å². The standard InChI is InChI=1S/C2H5N3O2/c3-2-1-6-5(4)7-2/h1H,3-4H2. The molecule has 5 nitrogen and oxygen atoms in total. The molecule has 0 aromatic heterocycles. The summed E-state index contributed by atoms with van der Waals surface area (Å²) in [6, 6.07) is 0. The number of hydrazine groups is 1. The zero-order valence-corrected chi connectivity index (χ0v) is 3.50. The van der Waals surface area contributed by atoms with E-state index in [0.29, 0.717) is 5.34 Å². The summed E-state index contributed by atoms with van der Waals surface area (Å²) in [5.41, 5.74) is 5.02. The smallest absolute Gasteiger partial charge is 0.253 e. The Bertz CT molecular complexity index is 101. The molecule has 5 heteroatoms. The normalized spacial score (nSPS) is 20.4. The Labute approximate surface area is 40.0 Å². The molecule has 1 heterocycles. The lowest BCUT2D eigenvalue weighted by Gasteiger charge is -2.01. The van der Waals surface area contributed by atoms with Gasteiger partial charge in [-0.3, -0.25) is 0 Å². The molecule has 7 heavy (non-hydrogen) atoms. The summed E-state index contributed by atoms with van der Waals surface area (Å²) in [6.07, 6.45) is 1.19. The van der Waals surface area contributed by atoms with Crippen molar-refractivity contribution in [1.82, 2.24) is 5.34 Å². The predicted molar refractivity (Wildman–Crippen MR) is 20.5 cm³/mol. The van der Waals surface area contributed by atoms with E-state index in [9.17, 15) is 0 Å². The van der Waals surface area contributed by atoms with Crippen LogP contribution in [0, 0.1) is 0 Å². The third kappa shape index (κ3) is 0.729. The molecule has 0 bridgehead atoms. The van der Waals surface area contributed by atoms with E-state index in [2.05, 4.69) is 9.68 Å². The molecular weight excluding hydrogens is 98.0 g/mol. The first-order chi connectivity index (χ1) is 3.29. The van der Waals surface area contributed by atoms with Gasteiger partial charge in [-0.15, -0.1) is 0 Å². The molecule has 4 N–H and O–H groups in total. The third-order valence-electron chi connectivity index (χ3n) is 0.468. The van der Waals surface area contributed by atoms with Crippen LogP contribution in [-0.4, -0.2) is 5.34 Å². The molecule has 0 aliphatic carbocycles. The molecule has 0 spiro atoms. The van der Waals surface area contributed by atoms with Crippen LogP contribution < -0.4 is 11.6 Å². The van der Waals surface area contributed by atoms with Crippen LogP contribution in [0.25, 0.3) is 0 Å². The van der Waals surface area contributed by atoms with Crippen LogP contribution in [-0.2, 0) is 9.68 Å². The van der Waals surface area contributed by atoms with Gasteiger partial charge in [0.15, 0.2) is 6.26 Å². The fourth-order valence-corrected chi connectivity index (χ4v) is 0.251. The zero-order valence-electron chi connectivity index (χ0n) is 3.50. The molecule has 40 valence electrons. The highest BCUT2D eigenvalue weighted by atomic mass is 17.0. The molecule has 1 aliphatic heterocycles. The van der Waals surface area contributed by atoms with E-state index < -0.39 is 0 Å². The highest BCUT2D eigenvalue weighted by Crippen LogP contribution is 2.00. The fourth-order valence-electron chi connectivity index (χ4n) is 0.251. The highest BCUT2D eigenvalue weighted by molar-refractivity contribution is 4.79. The maximum atomic E-state index is 5.02. The lowest BCUT2D eigenvalue weighted by molar-refractivity contribution is -0.294. The van der Waals surface area contributed by atoms with E-state index in [1.807, 2.05) is 0 Å². The van der Waals surface area contributed by atoms with Crippen molar-refractivity contribution in [2.75, 3.05) is 0 Å². The van der Waals surface area contributed by atoms with Crippen molar-refractivity contribution in [3.8, 4) is 0 Å². The van der Waals surface area contributed by atoms with E-state index in [1.165, 1.54) is 6.26 Å². The summed E-state index contributed by atoms with van der Waals surface area (Å²) in [6.45, 7) is 0. The maximum absolute atomic E-state index is 5.02. The van der Waals surface area contributed by atoms with Crippen molar-refractivity contribution in [2.45, 2.75) is 0 Å². The van der Waals surface area contributed by atoms with Gasteiger partial charge in [-0.2, -0.15) is 5.84 Å². The van der Waals surface area contributed by atoms with Gasteiger partial charge < -0.3 is 15.4 Å². The van der Waals surface area contributed by atoms with Crippen molar-refractivity contribution in [3.05, 3.63) is 12.1 Å². The van der Waals surface area contributed by atoms with Crippen LogP contribution in [0.2, 0.25) is 0 Å². The average molecular weight is 103 g/mol. The van der Waals surface area contributed by atoms with E-state index in [4.69, 9.17) is 11.6 Å². The summed E-state index contributed by atoms with van der Waals surface area (Å²) in [5.74, 6) is 5.04. The number of nitrogens with two attached hydrogens (primary N) is 2. The summed E-state index contributed by atoms with van der Waals surface area (Å²) in [4.78, 5) is 8.76. The van der Waals surface area contributed by atoms with E-state index in [0.717, 1.165) is 0 Å². The quantitative estimate of drug-likeness (QED) is 0.376. The van der Waals surface area contributed by atoms with Gasteiger partial charge in [-0.05, 0) is 0 Å². The summed E-state index contributed by atoms with van der Waals surface area (Å²) < 4.78 is 0. The zero-order chi connectivity index (χ0) is 5.28. The Morgan fingerprint density at radius 2 is 2.43 bits per heavy atom. The van der Waals surface area contributed by atoms with Gasteiger partial charge in [0.05, 0.1) is 0 Å². The summed E-state index contributed by atoms with van der Waals surface area (Å²) in [7, 11) is 0. The van der Waals surface area contributed by atoms with Crippen LogP contribution in [0.5, 0.6) is 0 Å². The molecule has 0 aromatic carbocycles. The van der Waals surface area contributed by atoms with Crippen molar-refractivity contribution in [2.24, 2.45) is 11.6 Å². The number of hydrogen-bond donors (Lipinski definition) is 2. The van der Waals surface area contributed by atoms with Crippen LogP contribution >= 0.6 is 0 Å². The minimum atomic E-state index is 0.155. The Hall–Kier alpha value is -0.940. The van der Waals surface area contributed by atoms with Gasteiger partial charge in [0, 0.05) is 0 Å². The fraction of sp³-hybridized carbons (Fsp3) is 0. The predicted octanol–water partition coefficient (Wildman–Crippen LogP) is -1.20. The molecule has 0 saturated carbocycles. The lowest BCUT2D eigenvalue weighted by Crippen LogP contribution is -2.25. The molecular formula is C2H5N3O2. The second-order valence-corrected chi connectivity index (χ2v) is 1.00. The summed E-state index contributed by atoms with van der Waals surface area (Å²) in [5, 5.41) is 0.662. The second-order valence-electron chi connectivity index (χ2n) is 1.00. The molecule has 0 unspecified atom stereocenters. The Morgan fingerprint density at radius 1 is 1.71 bits per heavy atom. The largest absolute Gasteiger partial charge is 0.365 e. The molecule has 0 amide bonds. The van der Waals surface area contributed by atoms with Crippen molar-refractivity contribution >= 4 is 0 Å². The molecule has 1 aliphatic rings. The van der Waals surface area contributed by atoms with Crippen molar-refractivity contribution < 1.29 is 9.68 Å². The first-order valence-corrected chi connectivity index (χ1v) is 1.64. The number of rotatable bonds is 0. The van der Waals surface area contributed by atoms with Crippen LogP contribution in [0.4, 0.5) is 0 Å². The van der Waals surface area contributed by atoms with E-state index in [1.54, 1.807) is 0 Å². The topological polar surface area (TPSA) is 73.7 Å². The highest BCUT2D eigenvalue weighted by Gasteiger charge is 2.07. The van der Waals surface area contributed by atoms with Crippen LogP contribution in [0.3, 0.4) is 0 Å². The van der Waals surface area contributed by atoms with Crippen LogP contribution in [0.1, 0.15) is 0 Å².